The molecule has 5 heteroatoms. The Morgan fingerprint density at radius 2 is 2.11 bits per heavy atom. The number of nitrogens with zero attached hydrogens (tertiary/aromatic N) is 1. The maximum Gasteiger partial charge on any atom is 0.411 e. The van der Waals surface area contributed by atoms with E-state index in [1.54, 1.807) is 24.3 Å². The highest BCUT2D eigenvalue weighted by Gasteiger charge is 2.22. The molecule has 1 rings (SSSR count). The Bertz CT molecular complexity index is 416. The molecule has 0 bridgehead atoms. The topological polar surface area (TPSA) is 67.6 Å². The molecule has 0 unspecified atom stereocenters. The Labute approximate surface area is 108 Å². The SMILES string of the molecule is CN(C)C(C)(C)COC(=O)Nc1cccc(N)c1. The summed E-state index contributed by atoms with van der Waals surface area (Å²) in [5.74, 6) is 0. The van der Waals surface area contributed by atoms with Crippen LogP contribution in [0.25, 0.3) is 0 Å². The van der Waals surface area contributed by atoms with E-state index in [1.165, 1.54) is 0 Å². The highest BCUT2D eigenvalue weighted by molar-refractivity contribution is 5.85. The third kappa shape index (κ3) is 4.25. The standard InChI is InChI=1S/C13H21N3O2/c1-13(2,16(3)4)9-18-12(17)15-11-7-5-6-10(14)8-11/h5-8H,9,14H2,1-4H3,(H,15,17). The van der Waals surface area contributed by atoms with Gasteiger partial charge in [-0.3, -0.25) is 5.32 Å². The fourth-order valence-electron chi connectivity index (χ4n) is 1.14. The van der Waals surface area contributed by atoms with Crippen LogP contribution in [0.5, 0.6) is 0 Å². The first kappa shape index (κ1) is 14.3. The lowest BCUT2D eigenvalue weighted by Gasteiger charge is -2.31. The second-order valence-corrected chi connectivity index (χ2v) is 5.03. The lowest BCUT2D eigenvalue weighted by Crippen LogP contribution is -2.43. The lowest BCUT2D eigenvalue weighted by atomic mass is 10.1. The molecule has 1 aromatic rings. The second-order valence-electron chi connectivity index (χ2n) is 5.03. The molecule has 18 heavy (non-hydrogen) atoms. The number of hydrogen-bond acceptors (Lipinski definition) is 4. The van der Waals surface area contributed by atoms with E-state index >= 15 is 0 Å². The van der Waals surface area contributed by atoms with Gasteiger partial charge in [-0.1, -0.05) is 6.07 Å². The molecule has 0 heterocycles. The van der Waals surface area contributed by atoms with Gasteiger partial charge in [-0.05, 0) is 46.1 Å². The van der Waals surface area contributed by atoms with E-state index in [4.69, 9.17) is 10.5 Å². The van der Waals surface area contributed by atoms with Gasteiger partial charge in [0.15, 0.2) is 0 Å². The van der Waals surface area contributed by atoms with Crippen molar-refractivity contribution in [1.29, 1.82) is 0 Å². The molecule has 0 saturated heterocycles. The van der Waals surface area contributed by atoms with Gasteiger partial charge < -0.3 is 15.4 Å². The zero-order valence-corrected chi connectivity index (χ0v) is 11.4. The number of nitrogens with two attached hydrogens (primary N) is 1. The van der Waals surface area contributed by atoms with E-state index in [0.29, 0.717) is 18.0 Å². The van der Waals surface area contributed by atoms with Crippen molar-refractivity contribution in [3.63, 3.8) is 0 Å². The van der Waals surface area contributed by atoms with Crippen LogP contribution in [-0.2, 0) is 4.74 Å². The van der Waals surface area contributed by atoms with Crippen LogP contribution in [0.1, 0.15) is 13.8 Å². The summed E-state index contributed by atoms with van der Waals surface area (Å²) >= 11 is 0. The highest BCUT2D eigenvalue weighted by atomic mass is 16.5. The molecule has 0 radical (unpaired) electrons. The molecule has 0 aliphatic carbocycles. The monoisotopic (exact) mass is 251 g/mol. The van der Waals surface area contributed by atoms with Crippen molar-refractivity contribution in [2.45, 2.75) is 19.4 Å². The van der Waals surface area contributed by atoms with Crippen molar-refractivity contribution in [1.82, 2.24) is 4.90 Å². The molecule has 100 valence electrons. The predicted octanol–water partition coefficient (Wildman–Crippen LogP) is 2.16. The minimum absolute atomic E-state index is 0.201. The van der Waals surface area contributed by atoms with Gasteiger partial charge in [-0.15, -0.1) is 0 Å². The van der Waals surface area contributed by atoms with E-state index in [2.05, 4.69) is 5.32 Å². The fourth-order valence-corrected chi connectivity index (χ4v) is 1.14. The van der Waals surface area contributed by atoms with Gasteiger partial charge in [0.05, 0.1) is 0 Å². The number of ether oxygens (including phenoxy) is 1. The Morgan fingerprint density at radius 3 is 2.67 bits per heavy atom. The first-order valence-corrected chi connectivity index (χ1v) is 5.78. The molecular formula is C13H21N3O2. The van der Waals surface area contributed by atoms with Crippen LogP contribution in [0, 0.1) is 0 Å². The first-order valence-electron chi connectivity index (χ1n) is 5.78. The number of carbonyl (C=O) groups is 1. The van der Waals surface area contributed by atoms with Crippen LogP contribution in [0.15, 0.2) is 24.3 Å². The molecule has 3 N–H and O–H groups in total. The Hall–Kier alpha value is -1.75. The van der Waals surface area contributed by atoms with E-state index in [1.807, 2.05) is 32.8 Å². The minimum atomic E-state index is -0.476. The first-order chi connectivity index (χ1) is 8.31. The number of likely N-dealkylation sites (N-methyl/N-ethyl adjacent to an activating group) is 1. The number of anilines is 2. The van der Waals surface area contributed by atoms with Gasteiger partial charge in [0.25, 0.3) is 0 Å². The lowest BCUT2D eigenvalue weighted by molar-refractivity contribution is 0.0775. The summed E-state index contributed by atoms with van der Waals surface area (Å²) in [6.45, 7) is 4.32. The van der Waals surface area contributed by atoms with Crippen LogP contribution in [0.2, 0.25) is 0 Å². The van der Waals surface area contributed by atoms with Crippen molar-refractivity contribution >= 4 is 17.5 Å². The number of nitrogens with one attached hydrogen (secondary N) is 1. The van der Waals surface area contributed by atoms with Crippen LogP contribution >= 0.6 is 0 Å². The van der Waals surface area contributed by atoms with Crippen molar-refractivity contribution in [2.24, 2.45) is 0 Å². The molecule has 0 aromatic heterocycles. The normalized spacial score (nSPS) is 11.4. The number of amides is 1. The van der Waals surface area contributed by atoms with E-state index in [9.17, 15) is 4.79 Å². The molecule has 0 atom stereocenters. The summed E-state index contributed by atoms with van der Waals surface area (Å²) in [5, 5.41) is 2.63. The predicted molar refractivity (Wildman–Crippen MR) is 73.6 cm³/mol. The van der Waals surface area contributed by atoms with E-state index in [-0.39, 0.29) is 5.54 Å². The van der Waals surface area contributed by atoms with Crippen LogP contribution < -0.4 is 11.1 Å². The summed E-state index contributed by atoms with van der Waals surface area (Å²) in [7, 11) is 3.89. The van der Waals surface area contributed by atoms with Gasteiger partial charge in [-0.25, -0.2) is 4.79 Å². The molecule has 0 aliphatic rings. The number of carbonyl (C=O) groups excluding carboxylic acids is 1. The summed E-state index contributed by atoms with van der Waals surface area (Å²) in [6.07, 6.45) is -0.476. The average molecular weight is 251 g/mol. The smallest absolute Gasteiger partial charge is 0.411 e. The van der Waals surface area contributed by atoms with Gasteiger partial charge in [0.1, 0.15) is 6.61 Å². The second kappa shape index (κ2) is 5.73. The van der Waals surface area contributed by atoms with Crippen molar-refractivity contribution in [2.75, 3.05) is 31.8 Å². The zero-order valence-electron chi connectivity index (χ0n) is 11.4. The molecule has 0 aliphatic heterocycles. The maximum absolute atomic E-state index is 11.6. The molecule has 0 saturated carbocycles. The number of nitrogen functional groups attached to an aromatic ring is 1. The van der Waals surface area contributed by atoms with Gasteiger partial charge >= 0.3 is 6.09 Å². The molecule has 5 nitrogen and oxygen atoms in total. The zero-order chi connectivity index (χ0) is 13.8. The Morgan fingerprint density at radius 1 is 1.44 bits per heavy atom. The Balaban J connectivity index is 2.48. The molecule has 0 fully saturated rings. The molecule has 1 aromatic carbocycles. The number of benzene rings is 1. The highest BCUT2D eigenvalue weighted by Crippen LogP contribution is 2.13. The van der Waals surface area contributed by atoms with Gasteiger partial charge in [-0.2, -0.15) is 0 Å². The largest absolute Gasteiger partial charge is 0.447 e. The summed E-state index contributed by atoms with van der Waals surface area (Å²) in [6, 6.07) is 6.97. The van der Waals surface area contributed by atoms with E-state index < -0.39 is 6.09 Å². The molecular weight excluding hydrogens is 230 g/mol. The summed E-state index contributed by atoms with van der Waals surface area (Å²) < 4.78 is 5.18. The molecule has 1 amide bonds. The Kier molecular flexibility index (Phi) is 4.55. The van der Waals surface area contributed by atoms with Crippen molar-refractivity contribution < 1.29 is 9.53 Å². The van der Waals surface area contributed by atoms with Gasteiger partial charge in [0, 0.05) is 16.9 Å². The maximum atomic E-state index is 11.6. The average Bonchev–Trinajstić information content (AvgIpc) is 2.26. The summed E-state index contributed by atoms with van der Waals surface area (Å²) in [5.41, 5.74) is 6.64. The fraction of sp³-hybridized carbons (Fsp3) is 0.462. The third-order valence-corrected chi connectivity index (χ3v) is 2.90. The van der Waals surface area contributed by atoms with Crippen molar-refractivity contribution in [3.05, 3.63) is 24.3 Å². The van der Waals surface area contributed by atoms with Crippen LogP contribution in [-0.4, -0.2) is 37.2 Å². The molecule has 0 spiro atoms. The van der Waals surface area contributed by atoms with Gasteiger partial charge in [0.2, 0.25) is 0 Å². The number of hydrogen-bond donors (Lipinski definition) is 2. The number of rotatable bonds is 4. The van der Waals surface area contributed by atoms with Crippen LogP contribution in [0.4, 0.5) is 16.2 Å². The van der Waals surface area contributed by atoms with E-state index in [0.717, 1.165) is 0 Å². The quantitative estimate of drug-likeness (QED) is 0.805. The van der Waals surface area contributed by atoms with Crippen LogP contribution in [0.3, 0.4) is 0 Å². The minimum Gasteiger partial charge on any atom is -0.447 e. The third-order valence-electron chi connectivity index (χ3n) is 2.90. The summed E-state index contributed by atoms with van der Waals surface area (Å²) in [4.78, 5) is 13.6. The van der Waals surface area contributed by atoms with Crippen molar-refractivity contribution in [3.8, 4) is 0 Å².